The highest BCUT2D eigenvalue weighted by Crippen LogP contribution is 2.34. The van der Waals surface area contributed by atoms with E-state index in [1.807, 2.05) is 0 Å². The molecule has 0 aliphatic heterocycles. The largest absolute Gasteiger partial charge is 0.304 e. The van der Waals surface area contributed by atoms with Crippen molar-refractivity contribution in [1.29, 1.82) is 0 Å². The highest BCUT2D eigenvalue weighted by Gasteiger charge is 2.25. The predicted octanol–water partition coefficient (Wildman–Crippen LogP) is 10.7. The van der Waals surface area contributed by atoms with E-state index < -0.39 is 0 Å². The standard InChI is InChI=1S/C44H36N2/c1-3-15-31(16-4-1)43(45-29-41-37-23-11-7-19-33(37)27-34-20-8-12-24-38(34)41)44(32-17-5-2-6-18-32)46-30-42-39-25-13-9-21-35(39)28-36-22-10-14-26-40(36)42/h1-28,43-46H,29-30H2/t43-,44?/m1/s1. The van der Waals surface area contributed by atoms with Crippen LogP contribution >= 0.6 is 0 Å². The number of rotatable bonds is 9. The van der Waals surface area contributed by atoms with Crippen molar-refractivity contribution in [2.75, 3.05) is 0 Å². The van der Waals surface area contributed by atoms with E-state index >= 15 is 0 Å². The lowest BCUT2D eigenvalue weighted by molar-refractivity contribution is 0.383. The third-order valence-electron chi connectivity index (χ3n) is 9.41. The first kappa shape index (κ1) is 28.2. The monoisotopic (exact) mass is 592 g/mol. The fraction of sp³-hybridized carbons (Fsp3) is 0.0909. The van der Waals surface area contributed by atoms with Gasteiger partial charge in [0.1, 0.15) is 0 Å². The molecule has 0 fully saturated rings. The van der Waals surface area contributed by atoms with Crippen molar-refractivity contribution in [2.24, 2.45) is 0 Å². The van der Waals surface area contributed by atoms with E-state index in [1.165, 1.54) is 65.3 Å². The molecule has 0 bridgehead atoms. The van der Waals surface area contributed by atoms with Crippen LogP contribution in [-0.4, -0.2) is 0 Å². The molecule has 46 heavy (non-hydrogen) atoms. The summed E-state index contributed by atoms with van der Waals surface area (Å²) in [5, 5.41) is 18.5. The molecule has 0 heterocycles. The van der Waals surface area contributed by atoms with Gasteiger partial charge >= 0.3 is 0 Å². The van der Waals surface area contributed by atoms with Gasteiger partial charge in [-0.1, -0.05) is 158 Å². The zero-order chi connectivity index (χ0) is 30.7. The maximum absolute atomic E-state index is 4.08. The molecule has 8 rings (SSSR count). The Kier molecular flexibility index (Phi) is 7.73. The molecule has 2 nitrogen and oxygen atoms in total. The molecule has 0 saturated carbocycles. The van der Waals surface area contributed by atoms with E-state index in [4.69, 9.17) is 0 Å². The van der Waals surface area contributed by atoms with Gasteiger partial charge in [-0.15, -0.1) is 0 Å². The summed E-state index contributed by atoms with van der Waals surface area (Å²) in [5.74, 6) is 0. The maximum atomic E-state index is 4.08. The molecule has 0 saturated heterocycles. The first-order valence-electron chi connectivity index (χ1n) is 16.2. The van der Waals surface area contributed by atoms with E-state index in [0.717, 1.165) is 13.1 Å². The van der Waals surface area contributed by atoms with Gasteiger partial charge in [0.05, 0.1) is 12.1 Å². The van der Waals surface area contributed by atoms with Gasteiger partial charge in [0, 0.05) is 13.1 Å². The summed E-state index contributed by atoms with van der Waals surface area (Å²) in [6.07, 6.45) is 0. The zero-order valence-electron chi connectivity index (χ0n) is 25.7. The SMILES string of the molecule is c1ccc(C(NCc2c3ccccc3cc3ccccc23)[C@H](NCc2c3ccccc3cc3ccccc23)c2ccccc2)cc1. The summed E-state index contributed by atoms with van der Waals surface area (Å²) >= 11 is 0. The van der Waals surface area contributed by atoms with Crippen LogP contribution in [0.5, 0.6) is 0 Å². The number of nitrogens with one attached hydrogen (secondary N) is 2. The quantitative estimate of drug-likeness (QED) is 0.163. The lowest BCUT2D eigenvalue weighted by atomic mass is 9.91. The normalized spacial score (nSPS) is 13.0. The number of hydrogen-bond donors (Lipinski definition) is 2. The van der Waals surface area contributed by atoms with Gasteiger partial charge in [-0.2, -0.15) is 0 Å². The van der Waals surface area contributed by atoms with Crippen molar-refractivity contribution in [3.63, 3.8) is 0 Å². The van der Waals surface area contributed by atoms with Crippen molar-refractivity contribution in [3.05, 3.63) is 192 Å². The summed E-state index contributed by atoms with van der Waals surface area (Å²) in [7, 11) is 0. The molecule has 222 valence electrons. The summed E-state index contributed by atoms with van der Waals surface area (Å²) in [6, 6.07) is 61.5. The molecule has 0 aromatic heterocycles. The van der Waals surface area contributed by atoms with Crippen LogP contribution in [0.15, 0.2) is 170 Å². The molecular weight excluding hydrogens is 556 g/mol. The van der Waals surface area contributed by atoms with Gasteiger partial charge in [-0.25, -0.2) is 0 Å². The molecule has 0 aliphatic carbocycles. The zero-order valence-corrected chi connectivity index (χ0v) is 25.7. The van der Waals surface area contributed by atoms with Crippen LogP contribution in [0, 0.1) is 0 Å². The topological polar surface area (TPSA) is 24.1 Å². The first-order chi connectivity index (χ1) is 22.8. The summed E-state index contributed by atoms with van der Waals surface area (Å²) < 4.78 is 0. The van der Waals surface area contributed by atoms with Crippen LogP contribution in [0.1, 0.15) is 34.3 Å². The molecule has 2 atom stereocenters. The Morgan fingerprint density at radius 2 is 0.609 bits per heavy atom. The minimum Gasteiger partial charge on any atom is -0.304 e. The molecule has 8 aromatic rings. The molecule has 0 amide bonds. The van der Waals surface area contributed by atoms with Crippen molar-refractivity contribution in [2.45, 2.75) is 25.2 Å². The summed E-state index contributed by atoms with van der Waals surface area (Å²) in [5.41, 5.74) is 5.19. The van der Waals surface area contributed by atoms with E-state index in [2.05, 4.69) is 180 Å². The molecule has 2 heteroatoms. The molecule has 1 unspecified atom stereocenters. The Morgan fingerprint density at radius 3 is 0.935 bits per heavy atom. The van der Waals surface area contributed by atoms with E-state index in [0.29, 0.717) is 0 Å². The van der Waals surface area contributed by atoms with E-state index in [1.54, 1.807) is 0 Å². The van der Waals surface area contributed by atoms with Crippen LogP contribution in [0.25, 0.3) is 43.1 Å². The van der Waals surface area contributed by atoms with Crippen molar-refractivity contribution in [1.82, 2.24) is 10.6 Å². The van der Waals surface area contributed by atoms with E-state index in [9.17, 15) is 0 Å². The van der Waals surface area contributed by atoms with Crippen LogP contribution in [0.3, 0.4) is 0 Å². The van der Waals surface area contributed by atoms with Gasteiger partial charge in [0.2, 0.25) is 0 Å². The van der Waals surface area contributed by atoms with Crippen LogP contribution in [0.2, 0.25) is 0 Å². The number of fused-ring (bicyclic) bond motifs is 4. The number of hydrogen-bond acceptors (Lipinski definition) is 2. The van der Waals surface area contributed by atoms with E-state index in [-0.39, 0.29) is 12.1 Å². The third kappa shape index (κ3) is 5.43. The first-order valence-corrected chi connectivity index (χ1v) is 16.2. The second kappa shape index (κ2) is 12.6. The van der Waals surface area contributed by atoms with Crippen LogP contribution in [-0.2, 0) is 13.1 Å². The van der Waals surface area contributed by atoms with Gasteiger partial charge in [-0.05, 0) is 77.5 Å². The highest BCUT2D eigenvalue weighted by molar-refractivity contribution is 6.03. The highest BCUT2D eigenvalue weighted by atomic mass is 15.0. The minimum absolute atomic E-state index is 0.0163. The van der Waals surface area contributed by atoms with Crippen LogP contribution in [0.4, 0.5) is 0 Å². The predicted molar refractivity (Wildman–Crippen MR) is 195 cm³/mol. The minimum atomic E-state index is 0.0163. The summed E-state index contributed by atoms with van der Waals surface area (Å²) in [6.45, 7) is 1.48. The Hall–Kier alpha value is -5.28. The second-order valence-electron chi connectivity index (χ2n) is 12.1. The van der Waals surface area contributed by atoms with Gasteiger partial charge in [-0.3, -0.25) is 0 Å². The smallest absolute Gasteiger partial charge is 0.0521 e. The second-order valence-corrected chi connectivity index (χ2v) is 12.1. The van der Waals surface area contributed by atoms with Crippen molar-refractivity contribution in [3.8, 4) is 0 Å². The lowest BCUT2D eigenvalue weighted by Gasteiger charge is -2.31. The molecular formula is C44H36N2. The average molecular weight is 593 g/mol. The Balaban J connectivity index is 1.22. The maximum Gasteiger partial charge on any atom is 0.0521 e. The molecule has 0 spiro atoms. The Labute approximate surface area is 270 Å². The third-order valence-corrected chi connectivity index (χ3v) is 9.41. The number of benzene rings is 8. The average Bonchev–Trinajstić information content (AvgIpc) is 3.12. The fourth-order valence-electron chi connectivity index (χ4n) is 7.20. The lowest BCUT2D eigenvalue weighted by Crippen LogP contribution is -2.35. The molecule has 0 radical (unpaired) electrons. The Bertz CT molecular complexity index is 2000. The van der Waals surface area contributed by atoms with Gasteiger partial charge < -0.3 is 10.6 Å². The van der Waals surface area contributed by atoms with Gasteiger partial charge in [0.25, 0.3) is 0 Å². The molecule has 8 aromatic carbocycles. The van der Waals surface area contributed by atoms with Crippen molar-refractivity contribution < 1.29 is 0 Å². The van der Waals surface area contributed by atoms with Crippen molar-refractivity contribution >= 4 is 43.1 Å². The summed E-state index contributed by atoms with van der Waals surface area (Å²) in [4.78, 5) is 0. The Morgan fingerprint density at radius 1 is 0.326 bits per heavy atom. The fourth-order valence-corrected chi connectivity index (χ4v) is 7.20. The molecule has 2 N–H and O–H groups in total. The van der Waals surface area contributed by atoms with Gasteiger partial charge in [0.15, 0.2) is 0 Å². The van der Waals surface area contributed by atoms with Crippen LogP contribution < -0.4 is 10.6 Å². The molecule has 0 aliphatic rings.